The van der Waals surface area contributed by atoms with Crippen molar-refractivity contribution in [3.63, 3.8) is 0 Å². The Morgan fingerprint density at radius 3 is 2.71 bits per heavy atom. The summed E-state index contributed by atoms with van der Waals surface area (Å²) in [6, 6.07) is 0. The van der Waals surface area contributed by atoms with E-state index in [1.54, 1.807) is 4.57 Å². The van der Waals surface area contributed by atoms with Crippen LogP contribution in [0.3, 0.4) is 0 Å². The number of aryl methyl sites for hydroxylation is 2. The van der Waals surface area contributed by atoms with Crippen LogP contribution in [0.4, 0.5) is 0 Å². The third-order valence-electron chi connectivity index (χ3n) is 2.34. The Kier molecular flexibility index (Phi) is 3.75. The first-order chi connectivity index (χ1) is 6.61. The van der Waals surface area contributed by atoms with Gasteiger partial charge < -0.3 is 9.67 Å². The van der Waals surface area contributed by atoms with Crippen LogP contribution >= 0.6 is 15.9 Å². The Balaban J connectivity index is 3.20. The quantitative estimate of drug-likeness (QED) is 0.845. The van der Waals surface area contributed by atoms with Crippen LogP contribution in [0, 0.1) is 6.92 Å². The Labute approximate surface area is 91.9 Å². The molecule has 4 heteroatoms. The second-order valence-corrected chi connectivity index (χ2v) is 3.96. The minimum absolute atomic E-state index is 0.418. The van der Waals surface area contributed by atoms with E-state index >= 15 is 0 Å². The third-order valence-corrected chi connectivity index (χ3v) is 2.70. The molecule has 78 valence electrons. The molecule has 0 aliphatic heterocycles. The highest BCUT2D eigenvalue weighted by molar-refractivity contribution is 9.09. The Morgan fingerprint density at radius 2 is 2.29 bits per heavy atom. The van der Waals surface area contributed by atoms with Gasteiger partial charge >= 0.3 is 5.97 Å². The molecule has 0 saturated carbocycles. The van der Waals surface area contributed by atoms with Gasteiger partial charge in [-0.25, -0.2) is 4.79 Å². The summed E-state index contributed by atoms with van der Waals surface area (Å²) in [6.45, 7) is 4.60. The van der Waals surface area contributed by atoms with Crippen LogP contribution in [-0.4, -0.2) is 21.0 Å². The summed E-state index contributed by atoms with van der Waals surface area (Å²) in [7, 11) is 0. The van der Waals surface area contributed by atoms with E-state index in [0.717, 1.165) is 22.9 Å². The molecule has 0 bridgehead atoms. The van der Waals surface area contributed by atoms with Crippen molar-refractivity contribution in [1.29, 1.82) is 0 Å². The van der Waals surface area contributed by atoms with Crippen LogP contribution in [0.25, 0.3) is 0 Å². The molecule has 0 amide bonds. The van der Waals surface area contributed by atoms with E-state index in [2.05, 4.69) is 15.9 Å². The number of halogens is 1. The lowest BCUT2D eigenvalue weighted by Gasteiger charge is -2.03. The van der Waals surface area contributed by atoms with Crippen molar-refractivity contribution < 1.29 is 9.90 Å². The lowest BCUT2D eigenvalue weighted by molar-refractivity contribution is 0.0684. The molecule has 0 fully saturated rings. The van der Waals surface area contributed by atoms with E-state index in [1.165, 1.54) is 0 Å². The van der Waals surface area contributed by atoms with Crippen molar-refractivity contribution in [2.45, 2.75) is 26.8 Å². The molecule has 0 saturated heterocycles. The highest BCUT2D eigenvalue weighted by Crippen LogP contribution is 2.17. The average Bonchev–Trinajstić information content (AvgIpc) is 2.43. The molecule has 1 heterocycles. The topological polar surface area (TPSA) is 42.2 Å². The molecule has 0 aliphatic rings. The summed E-state index contributed by atoms with van der Waals surface area (Å²) in [4.78, 5) is 11.0. The fraction of sp³-hybridized carbons (Fsp3) is 0.500. The molecule has 1 N–H and O–H groups in total. The van der Waals surface area contributed by atoms with Crippen molar-refractivity contribution in [2.75, 3.05) is 5.33 Å². The van der Waals surface area contributed by atoms with Gasteiger partial charge in [0.25, 0.3) is 0 Å². The normalized spacial score (nSPS) is 10.5. The number of carbonyl (C=O) groups is 1. The molecule has 0 radical (unpaired) electrons. The van der Waals surface area contributed by atoms with Crippen molar-refractivity contribution in [3.8, 4) is 0 Å². The van der Waals surface area contributed by atoms with E-state index in [1.807, 2.05) is 20.0 Å². The van der Waals surface area contributed by atoms with Crippen LogP contribution in [0.2, 0.25) is 0 Å². The molecule has 0 aromatic carbocycles. The van der Waals surface area contributed by atoms with Crippen LogP contribution in [-0.2, 0) is 13.0 Å². The van der Waals surface area contributed by atoms with E-state index in [4.69, 9.17) is 5.11 Å². The zero-order valence-corrected chi connectivity index (χ0v) is 9.97. The van der Waals surface area contributed by atoms with Gasteiger partial charge in [-0.1, -0.05) is 22.9 Å². The number of hydrogen-bond acceptors (Lipinski definition) is 1. The molecular weight excluding hydrogens is 246 g/mol. The second-order valence-electron chi connectivity index (χ2n) is 3.17. The number of hydrogen-bond donors (Lipinski definition) is 1. The molecule has 1 rings (SSSR count). The predicted molar refractivity (Wildman–Crippen MR) is 59.3 cm³/mol. The molecule has 14 heavy (non-hydrogen) atoms. The number of aromatic nitrogens is 1. The molecule has 1 aromatic heterocycles. The van der Waals surface area contributed by atoms with E-state index in [9.17, 15) is 4.79 Å². The molecule has 0 spiro atoms. The van der Waals surface area contributed by atoms with E-state index in [-0.39, 0.29) is 0 Å². The molecular formula is C10H14BrNO2. The highest BCUT2D eigenvalue weighted by Gasteiger charge is 2.16. The van der Waals surface area contributed by atoms with Crippen LogP contribution < -0.4 is 0 Å². The van der Waals surface area contributed by atoms with Gasteiger partial charge in [0.15, 0.2) is 0 Å². The summed E-state index contributed by atoms with van der Waals surface area (Å²) in [6.07, 6.45) is 2.81. The zero-order chi connectivity index (χ0) is 10.7. The fourth-order valence-corrected chi connectivity index (χ4v) is 2.01. The van der Waals surface area contributed by atoms with Gasteiger partial charge in [0, 0.05) is 18.1 Å². The molecule has 0 atom stereocenters. The summed E-state index contributed by atoms with van der Waals surface area (Å²) >= 11 is 3.31. The highest BCUT2D eigenvalue weighted by atomic mass is 79.9. The number of alkyl halides is 1. The predicted octanol–water partition coefficient (Wildman–Crippen LogP) is 2.45. The van der Waals surface area contributed by atoms with Crippen LogP contribution in [0.15, 0.2) is 6.20 Å². The molecule has 3 nitrogen and oxygen atoms in total. The first-order valence-electron chi connectivity index (χ1n) is 4.59. The fourth-order valence-electron chi connectivity index (χ4n) is 1.62. The monoisotopic (exact) mass is 259 g/mol. The van der Waals surface area contributed by atoms with Crippen molar-refractivity contribution in [2.24, 2.45) is 0 Å². The van der Waals surface area contributed by atoms with Crippen molar-refractivity contribution in [1.82, 2.24) is 4.57 Å². The Morgan fingerprint density at radius 1 is 1.64 bits per heavy atom. The maximum Gasteiger partial charge on any atom is 0.352 e. The minimum atomic E-state index is -0.844. The number of nitrogens with zero attached hydrogens (tertiary/aromatic N) is 1. The zero-order valence-electron chi connectivity index (χ0n) is 8.38. The maximum atomic E-state index is 11.0. The Bertz CT molecular complexity index is 344. The van der Waals surface area contributed by atoms with Gasteiger partial charge in [-0.3, -0.25) is 0 Å². The number of rotatable bonds is 4. The first kappa shape index (κ1) is 11.3. The van der Waals surface area contributed by atoms with Gasteiger partial charge in [0.2, 0.25) is 0 Å². The summed E-state index contributed by atoms with van der Waals surface area (Å²) in [5.74, 6) is -0.844. The number of aromatic carboxylic acids is 1. The van der Waals surface area contributed by atoms with E-state index in [0.29, 0.717) is 12.2 Å². The van der Waals surface area contributed by atoms with Crippen LogP contribution in [0.5, 0.6) is 0 Å². The summed E-state index contributed by atoms with van der Waals surface area (Å²) in [5.41, 5.74) is 2.42. The largest absolute Gasteiger partial charge is 0.477 e. The second kappa shape index (κ2) is 4.64. The minimum Gasteiger partial charge on any atom is -0.477 e. The summed E-state index contributed by atoms with van der Waals surface area (Å²) < 4.78 is 1.80. The van der Waals surface area contributed by atoms with E-state index < -0.39 is 5.97 Å². The standard InChI is InChI=1S/C10H14BrNO2/c1-3-8-6-12(5-4-11)9(7(8)2)10(13)14/h6H,3-5H2,1-2H3,(H,13,14). The molecule has 0 aliphatic carbocycles. The first-order valence-corrected chi connectivity index (χ1v) is 5.71. The van der Waals surface area contributed by atoms with Gasteiger partial charge in [-0.2, -0.15) is 0 Å². The number of carboxylic acid groups (broad SMARTS) is 1. The molecule has 0 unspecified atom stereocenters. The SMILES string of the molecule is CCc1cn(CCBr)c(C(=O)O)c1C. The maximum absolute atomic E-state index is 11.0. The number of carboxylic acids is 1. The van der Waals surface area contributed by atoms with Gasteiger partial charge in [-0.05, 0) is 24.5 Å². The smallest absolute Gasteiger partial charge is 0.352 e. The third kappa shape index (κ3) is 2.00. The lowest BCUT2D eigenvalue weighted by atomic mass is 10.1. The lowest BCUT2D eigenvalue weighted by Crippen LogP contribution is -2.09. The average molecular weight is 260 g/mol. The van der Waals surface area contributed by atoms with Crippen molar-refractivity contribution in [3.05, 3.63) is 23.0 Å². The van der Waals surface area contributed by atoms with Crippen molar-refractivity contribution >= 4 is 21.9 Å². The molecule has 1 aromatic rings. The van der Waals surface area contributed by atoms with Gasteiger partial charge in [-0.15, -0.1) is 0 Å². The van der Waals surface area contributed by atoms with Gasteiger partial charge in [0.05, 0.1) is 0 Å². The van der Waals surface area contributed by atoms with Crippen LogP contribution in [0.1, 0.15) is 28.5 Å². The Hall–Kier alpha value is -0.770. The van der Waals surface area contributed by atoms with Gasteiger partial charge in [0.1, 0.15) is 5.69 Å². The summed E-state index contributed by atoms with van der Waals surface area (Å²) in [5, 5.41) is 9.81.